The highest BCUT2D eigenvalue weighted by Gasteiger charge is 2.20. The Labute approximate surface area is 143 Å². The van der Waals surface area contributed by atoms with E-state index in [1.54, 1.807) is 18.2 Å². The van der Waals surface area contributed by atoms with Crippen LogP contribution in [0.1, 0.15) is 19.4 Å². The molecule has 0 heterocycles. The Kier molecular flexibility index (Phi) is 5.78. The van der Waals surface area contributed by atoms with Gasteiger partial charge in [-0.25, -0.2) is 8.42 Å². The fraction of sp³-hybridized carbons (Fsp3) is 0.211. The molecule has 0 atom stereocenters. The van der Waals surface area contributed by atoms with Crippen molar-refractivity contribution in [2.24, 2.45) is 0 Å². The Hall–Kier alpha value is -2.58. The van der Waals surface area contributed by atoms with Gasteiger partial charge >= 0.3 is 0 Å². The van der Waals surface area contributed by atoms with Crippen LogP contribution in [-0.2, 0) is 9.84 Å². The first kappa shape index (κ1) is 17.8. The van der Waals surface area contributed by atoms with Crippen LogP contribution in [0.15, 0.2) is 64.4 Å². The maximum absolute atomic E-state index is 12.5. The summed E-state index contributed by atoms with van der Waals surface area (Å²) in [4.78, 5) is 2.06. The Morgan fingerprint density at radius 2 is 1.62 bits per heavy atom. The van der Waals surface area contributed by atoms with Crippen LogP contribution in [0.2, 0.25) is 0 Å². The molecule has 0 amide bonds. The van der Waals surface area contributed by atoms with Crippen LogP contribution in [0.5, 0.6) is 0 Å². The number of rotatable bonds is 6. The lowest BCUT2D eigenvalue weighted by atomic mass is 10.2. The molecule has 2 aromatic rings. The average Bonchev–Trinajstić information content (AvgIpc) is 2.62. The van der Waals surface area contributed by atoms with Crippen molar-refractivity contribution in [3.05, 3.63) is 65.1 Å². The predicted molar refractivity (Wildman–Crippen MR) is 97.2 cm³/mol. The molecule has 0 aromatic heterocycles. The highest BCUT2D eigenvalue weighted by Crippen LogP contribution is 2.22. The topological polar surface area (TPSA) is 61.2 Å². The molecule has 0 aliphatic heterocycles. The number of nitrogens with zero attached hydrogens (tertiary/aromatic N) is 2. The summed E-state index contributed by atoms with van der Waals surface area (Å²) >= 11 is 0. The van der Waals surface area contributed by atoms with E-state index >= 15 is 0 Å². The number of sulfone groups is 1. The van der Waals surface area contributed by atoms with Crippen molar-refractivity contribution in [2.45, 2.75) is 18.7 Å². The first-order valence-electron chi connectivity index (χ1n) is 7.79. The van der Waals surface area contributed by atoms with Crippen molar-refractivity contribution in [1.29, 1.82) is 5.26 Å². The molecule has 5 heteroatoms. The lowest BCUT2D eigenvalue weighted by Crippen LogP contribution is -2.21. The van der Waals surface area contributed by atoms with Crippen molar-refractivity contribution in [1.82, 2.24) is 0 Å². The molecule has 4 nitrogen and oxygen atoms in total. The molecule has 0 aliphatic rings. The number of nitriles is 1. The summed E-state index contributed by atoms with van der Waals surface area (Å²) in [7, 11) is -3.80. The number of anilines is 1. The van der Waals surface area contributed by atoms with Crippen LogP contribution in [-0.4, -0.2) is 21.5 Å². The van der Waals surface area contributed by atoms with Crippen LogP contribution in [0.3, 0.4) is 0 Å². The average molecular weight is 340 g/mol. The van der Waals surface area contributed by atoms with Crippen molar-refractivity contribution >= 4 is 21.6 Å². The second-order valence-electron chi connectivity index (χ2n) is 5.20. The minimum atomic E-state index is -3.80. The van der Waals surface area contributed by atoms with Gasteiger partial charge in [0.2, 0.25) is 9.84 Å². The van der Waals surface area contributed by atoms with Gasteiger partial charge in [-0.3, -0.25) is 0 Å². The molecular formula is C19H20N2O2S. The van der Waals surface area contributed by atoms with Gasteiger partial charge in [0, 0.05) is 18.8 Å². The highest BCUT2D eigenvalue weighted by atomic mass is 32.2. The van der Waals surface area contributed by atoms with Crippen LogP contribution >= 0.6 is 0 Å². The zero-order valence-corrected chi connectivity index (χ0v) is 14.6. The third-order valence-corrected chi connectivity index (χ3v) is 5.45. The van der Waals surface area contributed by atoms with E-state index in [-0.39, 0.29) is 9.80 Å². The quantitative estimate of drug-likeness (QED) is 0.749. The Morgan fingerprint density at radius 1 is 1.04 bits per heavy atom. The van der Waals surface area contributed by atoms with E-state index in [1.165, 1.54) is 18.2 Å². The third-order valence-electron chi connectivity index (χ3n) is 3.77. The van der Waals surface area contributed by atoms with E-state index in [0.717, 1.165) is 18.8 Å². The summed E-state index contributed by atoms with van der Waals surface area (Å²) in [6, 6.07) is 17.3. The SMILES string of the molecule is CCN(CC)c1ccc(C=C(C#N)S(=O)(=O)c2ccccc2)cc1. The lowest BCUT2D eigenvalue weighted by Gasteiger charge is -2.20. The molecule has 0 aliphatic carbocycles. The van der Waals surface area contributed by atoms with E-state index in [1.807, 2.05) is 30.3 Å². The van der Waals surface area contributed by atoms with Gasteiger partial charge in [-0.05, 0) is 49.8 Å². The largest absolute Gasteiger partial charge is 0.372 e. The summed E-state index contributed by atoms with van der Waals surface area (Å²) in [5.74, 6) is 0. The van der Waals surface area contributed by atoms with Gasteiger partial charge in [-0.15, -0.1) is 0 Å². The number of hydrogen-bond acceptors (Lipinski definition) is 4. The number of allylic oxidation sites excluding steroid dienone is 1. The van der Waals surface area contributed by atoms with Crippen LogP contribution < -0.4 is 4.90 Å². The van der Waals surface area contributed by atoms with E-state index in [2.05, 4.69) is 18.7 Å². The van der Waals surface area contributed by atoms with E-state index in [4.69, 9.17) is 0 Å². The second-order valence-corrected chi connectivity index (χ2v) is 7.12. The van der Waals surface area contributed by atoms with Gasteiger partial charge in [0.1, 0.15) is 11.0 Å². The van der Waals surface area contributed by atoms with Gasteiger partial charge in [0.05, 0.1) is 4.90 Å². The summed E-state index contributed by atoms with van der Waals surface area (Å²) in [6.07, 6.45) is 1.41. The Balaban J connectivity index is 2.36. The molecule has 24 heavy (non-hydrogen) atoms. The molecule has 0 spiro atoms. The monoisotopic (exact) mass is 340 g/mol. The molecule has 0 unspecified atom stereocenters. The Bertz CT molecular complexity index is 844. The predicted octanol–water partition coefficient (Wildman–Crippen LogP) is 3.87. The summed E-state index contributed by atoms with van der Waals surface area (Å²) in [5, 5.41) is 9.30. The summed E-state index contributed by atoms with van der Waals surface area (Å²) in [5.41, 5.74) is 1.75. The highest BCUT2D eigenvalue weighted by molar-refractivity contribution is 7.95. The normalized spacial score (nSPS) is 11.8. The van der Waals surface area contributed by atoms with E-state index in [0.29, 0.717) is 5.56 Å². The summed E-state index contributed by atoms with van der Waals surface area (Å²) < 4.78 is 25.1. The molecule has 124 valence electrons. The molecule has 0 bridgehead atoms. The lowest BCUT2D eigenvalue weighted by molar-refractivity contribution is 0.603. The van der Waals surface area contributed by atoms with Gasteiger partial charge in [-0.1, -0.05) is 30.3 Å². The molecule has 0 fully saturated rings. The van der Waals surface area contributed by atoms with E-state index in [9.17, 15) is 13.7 Å². The zero-order chi connectivity index (χ0) is 17.6. The Morgan fingerprint density at radius 3 is 2.12 bits per heavy atom. The maximum Gasteiger partial charge on any atom is 0.216 e. The van der Waals surface area contributed by atoms with Gasteiger partial charge in [0.25, 0.3) is 0 Å². The molecule has 2 rings (SSSR count). The van der Waals surface area contributed by atoms with Crippen molar-refractivity contribution in [3.8, 4) is 6.07 Å². The smallest absolute Gasteiger partial charge is 0.216 e. The third kappa shape index (κ3) is 3.84. The first-order valence-corrected chi connectivity index (χ1v) is 9.28. The number of benzene rings is 2. The molecule has 0 radical (unpaired) electrons. The van der Waals surface area contributed by atoms with Crippen molar-refractivity contribution in [2.75, 3.05) is 18.0 Å². The standard InChI is InChI=1S/C19H20N2O2S/c1-3-21(4-2)17-12-10-16(11-13-17)14-19(15-20)24(22,23)18-8-6-5-7-9-18/h5-14H,3-4H2,1-2H3. The molecular weight excluding hydrogens is 320 g/mol. The van der Waals surface area contributed by atoms with E-state index < -0.39 is 9.84 Å². The van der Waals surface area contributed by atoms with Gasteiger partial charge in [-0.2, -0.15) is 5.26 Å². The van der Waals surface area contributed by atoms with Crippen LogP contribution in [0.25, 0.3) is 6.08 Å². The first-order chi connectivity index (χ1) is 11.5. The minimum Gasteiger partial charge on any atom is -0.372 e. The van der Waals surface area contributed by atoms with Gasteiger partial charge in [0.15, 0.2) is 0 Å². The number of hydrogen-bond donors (Lipinski definition) is 0. The fourth-order valence-corrected chi connectivity index (χ4v) is 3.60. The molecule has 0 saturated heterocycles. The second kappa shape index (κ2) is 7.80. The zero-order valence-electron chi connectivity index (χ0n) is 13.8. The minimum absolute atomic E-state index is 0.123. The van der Waals surface area contributed by atoms with Crippen molar-refractivity contribution in [3.63, 3.8) is 0 Å². The maximum atomic E-state index is 12.5. The van der Waals surface area contributed by atoms with Gasteiger partial charge < -0.3 is 4.90 Å². The molecule has 2 aromatic carbocycles. The fourth-order valence-electron chi connectivity index (χ4n) is 2.42. The van der Waals surface area contributed by atoms with Crippen LogP contribution in [0, 0.1) is 11.3 Å². The molecule has 0 N–H and O–H groups in total. The summed E-state index contributed by atoms with van der Waals surface area (Å²) in [6.45, 7) is 5.96. The molecule has 0 saturated carbocycles. The van der Waals surface area contributed by atoms with Crippen molar-refractivity contribution < 1.29 is 8.42 Å². The van der Waals surface area contributed by atoms with Crippen LogP contribution in [0.4, 0.5) is 5.69 Å².